The standard InChI is InChI=1S/C22H32N2O3/c1-17-9-13-24(14-10-17)22(26)19-11-15-23(16-12-19)21(25)8-5-18-3-6-20(27-2)7-4-18/h3-4,6-7,17,19H,5,8-16H2,1-2H3. The van der Waals surface area contributed by atoms with Gasteiger partial charge in [-0.1, -0.05) is 19.1 Å². The van der Waals surface area contributed by atoms with Gasteiger partial charge >= 0.3 is 0 Å². The van der Waals surface area contributed by atoms with Crippen LogP contribution < -0.4 is 4.74 Å². The number of amides is 2. The van der Waals surface area contributed by atoms with Crippen LogP contribution in [0.4, 0.5) is 0 Å². The van der Waals surface area contributed by atoms with Crippen molar-refractivity contribution in [2.75, 3.05) is 33.3 Å². The lowest BCUT2D eigenvalue weighted by Gasteiger charge is -2.36. The summed E-state index contributed by atoms with van der Waals surface area (Å²) in [5.74, 6) is 2.18. The molecule has 5 heteroatoms. The van der Waals surface area contributed by atoms with Crippen LogP contribution in [-0.2, 0) is 16.0 Å². The minimum absolute atomic E-state index is 0.101. The number of rotatable bonds is 5. The van der Waals surface area contributed by atoms with E-state index in [1.54, 1.807) is 7.11 Å². The average Bonchev–Trinajstić information content (AvgIpc) is 2.72. The molecule has 2 saturated heterocycles. The summed E-state index contributed by atoms with van der Waals surface area (Å²) in [6, 6.07) is 7.88. The maximum atomic E-state index is 12.7. The zero-order valence-corrected chi connectivity index (χ0v) is 16.7. The number of aryl methyl sites for hydroxylation is 1. The second-order valence-corrected chi connectivity index (χ2v) is 8.01. The third-order valence-corrected chi connectivity index (χ3v) is 6.08. The molecule has 1 aromatic carbocycles. The number of piperidine rings is 2. The van der Waals surface area contributed by atoms with Crippen molar-refractivity contribution in [3.8, 4) is 5.75 Å². The van der Waals surface area contributed by atoms with Gasteiger partial charge < -0.3 is 14.5 Å². The number of likely N-dealkylation sites (tertiary alicyclic amines) is 2. The van der Waals surface area contributed by atoms with E-state index in [4.69, 9.17) is 4.74 Å². The number of carbonyl (C=O) groups is 2. The Morgan fingerprint density at radius 3 is 2.15 bits per heavy atom. The number of methoxy groups -OCH3 is 1. The molecule has 1 aromatic rings. The Morgan fingerprint density at radius 1 is 0.963 bits per heavy atom. The topological polar surface area (TPSA) is 49.9 Å². The molecule has 0 aromatic heterocycles. The molecule has 0 radical (unpaired) electrons. The number of hydrogen-bond donors (Lipinski definition) is 0. The van der Waals surface area contributed by atoms with Crippen molar-refractivity contribution in [1.29, 1.82) is 0 Å². The van der Waals surface area contributed by atoms with Crippen molar-refractivity contribution in [3.05, 3.63) is 29.8 Å². The number of hydrogen-bond acceptors (Lipinski definition) is 3. The molecule has 148 valence electrons. The molecule has 3 rings (SSSR count). The summed E-state index contributed by atoms with van der Waals surface area (Å²) in [7, 11) is 1.65. The molecule has 0 spiro atoms. The fourth-order valence-corrected chi connectivity index (χ4v) is 4.06. The van der Waals surface area contributed by atoms with Crippen molar-refractivity contribution in [2.24, 2.45) is 11.8 Å². The maximum absolute atomic E-state index is 12.7. The second-order valence-electron chi connectivity index (χ2n) is 8.01. The summed E-state index contributed by atoms with van der Waals surface area (Å²) in [6.07, 6.45) is 5.11. The van der Waals surface area contributed by atoms with Crippen LogP contribution in [0.25, 0.3) is 0 Å². The van der Waals surface area contributed by atoms with Crippen molar-refractivity contribution in [1.82, 2.24) is 9.80 Å². The largest absolute Gasteiger partial charge is 0.497 e. The molecule has 2 aliphatic rings. The van der Waals surface area contributed by atoms with Gasteiger partial charge in [0, 0.05) is 38.5 Å². The molecule has 0 unspecified atom stereocenters. The Balaban J connectivity index is 1.41. The van der Waals surface area contributed by atoms with Crippen LogP contribution in [0.1, 0.15) is 44.6 Å². The molecule has 0 saturated carbocycles. The maximum Gasteiger partial charge on any atom is 0.225 e. The summed E-state index contributed by atoms with van der Waals surface area (Å²) in [5.41, 5.74) is 1.15. The Morgan fingerprint density at radius 2 is 1.56 bits per heavy atom. The van der Waals surface area contributed by atoms with E-state index in [1.165, 1.54) is 0 Å². The van der Waals surface area contributed by atoms with E-state index >= 15 is 0 Å². The van der Waals surface area contributed by atoms with Gasteiger partial charge in [-0.2, -0.15) is 0 Å². The van der Waals surface area contributed by atoms with Crippen LogP contribution in [0.15, 0.2) is 24.3 Å². The first-order valence-corrected chi connectivity index (χ1v) is 10.3. The molecule has 5 nitrogen and oxygen atoms in total. The quantitative estimate of drug-likeness (QED) is 0.798. The van der Waals surface area contributed by atoms with Gasteiger partial charge in [0.1, 0.15) is 5.75 Å². The van der Waals surface area contributed by atoms with E-state index in [-0.39, 0.29) is 11.8 Å². The minimum atomic E-state index is 0.101. The first kappa shape index (κ1) is 19.7. The van der Waals surface area contributed by atoms with E-state index in [0.717, 1.165) is 62.4 Å². The first-order chi connectivity index (χ1) is 13.1. The van der Waals surface area contributed by atoms with Gasteiger partial charge in [0.2, 0.25) is 11.8 Å². The molecule has 2 fully saturated rings. The van der Waals surface area contributed by atoms with Crippen LogP contribution in [0, 0.1) is 11.8 Å². The van der Waals surface area contributed by atoms with Gasteiger partial charge in [-0.05, 0) is 55.7 Å². The molecule has 0 aliphatic carbocycles. The van der Waals surface area contributed by atoms with E-state index in [1.807, 2.05) is 34.1 Å². The molecule has 27 heavy (non-hydrogen) atoms. The highest BCUT2D eigenvalue weighted by molar-refractivity contribution is 5.80. The Bertz CT molecular complexity index is 627. The Hall–Kier alpha value is -2.04. The van der Waals surface area contributed by atoms with Crippen molar-refractivity contribution >= 4 is 11.8 Å². The SMILES string of the molecule is COc1ccc(CCC(=O)N2CCC(C(=O)N3CCC(C)CC3)CC2)cc1. The van der Waals surface area contributed by atoms with Crippen LogP contribution in [0.5, 0.6) is 5.75 Å². The normalized spacial score (nSPS) is 19.2. The highest BCUT2D eigenvalue weighted by atomic mass is 16.5. The number of ether oxygens (including phenoxy) is 1. The van der Waals surface area contributed by atoms with Crippen molar-refractivity contribution in [2.45, 2.75) is 45.4 Å². The van der Waals surface area contributed by atoms with Gasteiger partial charge in [-0.3, -0.25) is 9.59 Å². The summed E-state index contributed by atoms with van der Waals surface area (Å²) in [4.78, 5) is 29.2. The first-order valence-electron chi connectivity index (χ1n) is 10.3. The average molecular weight is 373 g/mol. The van der Waals surface area contributed by atoms with E-state index in [2.05, 4.69) is 6.92 Å². The molecule has 2 aliphatic heterocycles. The Labute approximate surface area is 162 Å². The monoisotopic (exact) mass is 372 g/mol. The van der Waals surface area contributed by atoms with Gasteiger partial charge in [-0.15, -0.1) is 0 Å². The molecular weight excluding hydrogens is 340 g/mol. The second kappa shape index (κ2) is 9.25. The van der Waals surface area contributed by atoms with Crippen LogP contribution >= 0.6 is 0 Å². The molecule has 2 heterocycles. The third-order valence-electron chi connectivity index (χ3n) is 6.08. The number of nitrogens with zero attached hydrogens (tertiary/aromatic N) is 2. The van der Waals surface area contributed by atoms with Crippen LogP contribution in [0.3, 0.4) is 0 Å². The lowest BCUT2D eigenvalue weighted by Crippen LogP contribution is -2.46. The Kier molecular flexibility index (Phi) is 6.75. The molecule has 0 bridgehead atoms. The highest BCUT2D eigenvalue weighted by Crippen LogP contribution is 2.24. The summed E-state index contributed by atoms with van der Waals surface area (Å²) in [6.45, 7) is 5.49. The summed E-state index contributed by atoms with van der Waals surface area (Å²) >= 11 is 0. The van der Waals surface area contributed by atoms with E-state index in [9.17, 15) is 9.59 Å². The van der Waals surface area contributed by atoms with Gasteiger partial charge in [-0.25, -0.2) is 0 Å². The van der Waals surface area contributed by atoms with Crippen molar-refractivity contribution < 1.29 is 14.3 Å². The lowest BCUT2D eigenvalue weighted by molar-refractivity contribution is -0.141. The molecular formula is C22H32N2O3. The third kappa shape index (κ3) is 5.24. The lowest BCUT2D eigenvalue weighted by atomic mass is 9.92. The van der Waals surface area contributed by atoms with Gasteiger partial charge in [0.15, 0.2) is 0 Å². The zero-order valence-electron chi connectivity index (χ0n) is 16.7. The fraction of sp³-hybridized carbons (Fsp3) is 0.636. The number of benzene rings is 1. The molecule has 0 atom stereocenters. The molecule has 0 N–H and O–H groups in total. The van der Waals surface area contributed by atoms with Gasteiger partial charge in [0.05, 0.1) is 7.11 Å². The summed E-state index contributed by atoms with van der Waals surface area (Å²) in [5, 5.41) is 0. The summed E-state index contributed by atoms with van der Waals surface area (Å²) < 4.78 is 5.16. The van der Waals surface area contributed by atoms with Gasteiger partial charge in [0.25, 0.3) is 0 Å². The zero-order chi connectivity index (χ0) is 19.2. The fourth-order valence-electron chi connectivity index (χ4n) is 4.06. The van der Waals surface area contributed by atoms with E-state index in [0.29, 0.717) is 25.4 Å². The smallest absolute Gasteiger partial charge is 0.225 e. The predicted octanol–water partition coefficient (Wildman–Crippen LogP) is 3.12. The predicted molar refractivity (Wildman–Crippen MR) is 106 cm³/mol. The molecule has 2 amide bonds. The van der Waals surface area contributed by atoms with Crippen LogP contribution in [0.2, 0.25) is 0 Å². The highest BCUT2D eigenvalue weighted by Gasteiger charge is 2.31. The van der Waals surface area contributed by atoms with E-state index < -0.39 is 0 Å². The van der Waals surface area contributed by atoms with Crippen LogP contribution in [-0.4, -0.2) is 54.9 Å². The minimum Gasteiger partial charge on any atom is -0.497 e. The van der Waals surface area contributed by atoms with Crippen molar-refractivity contribution in [3.63, 3.8) is 0 Å². The number of carbonyl (C=O) groups excluding carboxylic acids is 2.